The number of ether oxygens (including phenoxy) is 1. The lowest BCUT2D eigenvalue weighted by atomic mass is 10.0. The third-order valence-electron chi connectivity index (χ3n) is 3.88. The van der Waals surface area contributed by atoms with E-state index in [1.807, 2.05) is 0 Å². The van der Waals surface area contributed by atoms with E-state index >= 15 is 0 Å². The molecule has 0 spiro atoms. The second kappa shape index (κ2) is 5.85. The molecule has 1 aliphatic rings. The molecule has 2 rings (SSSR count). The van der Waals surface area contributed by atoms with Crippen LogP contribution in [-0.2, 0) is 11.3 Å². The quantitative estimate of drug-likeness (QED) is 0.893. The molecule has 4 nitrogen and oxygen atoms in total. The van der Waals surface area contributed by atoms with Gasteiger partial charge in [-0.25, -0.2) is 0 Å². The van der Waals surface area contributed by atoms with Crippen LogP contribution in [0.1, 0.15) is 49.7 Å². The molecule has 1 aromatic heterocycles. The van der Waals surface area contributed by atoms with Crippen molar-refractivity contribution in [3.05, 3.63) is 17.0 Å². The summed E-state index contributed by atoms with van der Waals surface area (Å²) in [6.07, 6.45) is 2.23. The Kier molecular flexibility index (Phi) is 4.40. The molecule has 0 radical (unpaired) electrons. The minimum Gasteiger partial charge on any atom is -0.381 e. The first-order valence-electron chi connectivity index (χ1n) is 7.01. The molecule has 1 aromatic rings. The fraction of sp³-hybridized carbons (Fsp3) is 0.786. The molecule has 2 heterocycles. The fourth-order valence-corrected chi connectivity index (χ4v) is 2.95. The molecule has 1 N–H and O–H groups in total. The van der Waals surface area contributed by atoms with E-state index in [0.717, 1.165) is 38.3 Å². The lowest BCUT2D eigenvalue weighted by Crippen LogP contribution is -2.36. The van der Waals surface area contributed by atoms with Crippen molar-refractivity contribution in [1.82, 2.24) is 15.1 Å². The summed E-state index contributed by atoms with van der Waals surface area (Å²) in [5.41, 5.74) is 3.81. The van der Waals surface area contributed by atoms with Gasteiger partial charge in [-0.1, -0.05) is 0 Å². The first kappa shape index (κ1) is 13.6. The molecule has 0 saturated carbocycles. The van der Waals surface area contributed by atoms with E-state index in [-0.39, 0.29) is 0 Å². The summed E-state index contributed by atoms with van der Waals surface area (Å²) in [6.45, 7) is 11.4. The number of hydrogen-bond acceptors (Lipinski definition) is 3. The molecule has 4 heteroatoms. The molecule has 0 aliphatic carbocycles. The number of hydrogen-bond donors (Lipinski definition) is 1. The van der Waals surface area contributed by atoms with Crippen molar-refractivity contribution in [3.63, 3.8) is 0 Å². The predicted molar refractivity (Wildman–Crippen MR) is 72.8 cm³/mol. The van der Waals surface area contributed by atoms with Gasteiger partial charge in [-0.2, -0.15) is 5.10 Å². The van der Waals surface area contributed by atoms with Crippen LogP contribution in [0.15, 0.2) is 0 Å². The Balaban J connectivity index is 2.07. The van der Waals surface area contributed by atoms with Crippen molar-refractivity contribution in [2.45, 2.75) is 59.2 Å². The average molecular weight is 251 g/mol. The molecular formula is C14H25N3O. The van der Waals surface area contributed by atoms with Crippen LogP contribution in [0.3, 0.4) is 0 Å². The number of aryl methyl sites for hydroxylation is 2. The standard InChI is InChI=1S/C14H25N3O/c1-5-17-12(4)14(11(3)16-17)10(2)15-13-6-8-18-9-7-13/h10,13,15H,5-9H2,1-4H3. The molecule has 102 valence electrons. The summed E-state index contributed by atoms with van der Waals surface area (Å²) >= 11 is 0. The third-order valence-corrected chi connectivity index (χ3v) is 3.88. The molecule has 1 fully saturated rings. The highest BCUT2D eigenvalue weighted by atomic mass is 16.5. The minimum atomic E-state index is 0.369. The van der Waals surface area contributed by atoms with Crippen molar-refractivity contribution in [3.8, 4) is 0 Å². The summed E-state index contributed by atoms with van der Waals surface area (Å²) in [5.74, 6) is 0. The van der Waals surface area contributed by atoms with Gasteiger partial charge < -0.3 is 10.1 Å². The minimum absolute atomic E-state index is 0.369. The summed E-state index contributed by atoms with van der Waals surface area (Å²) in [5, 5.41) is 8.32. The van der Waals surface area contributed by atoms with Gasteiger partial charge in [-0.05, 0) is 40.5 Å². The lowest BCUT2D eigenvalue weighted by Gasteiger charge is -2.27. The Bertz CT molecular complexity index is 394. The van der Waals surface area contributed by atoms with Crippen molar-refractivity contribution in [1.29, 1.82) is 0 Å². The Morgan fingerprint density at radius 2 is 2.06 bits per heavy atom. The summed E-state index contributed by atoms with van der Waals surface area (Å²) in [7, 11) is 0. The van der Waals surface area contributed by atoms with E-state index in [1.54, 1.807) is 0 Å². The first-order valence-corrected chi connectivity index (χ1v) is 7.01. The van der Waals surface area contributed by atoms with Crippen LogP contribution in [0, 0.1) is 13.8 Å². The lowest BCUT2D eigenvalue weighted by molar-refractivity contribution is 0.0754. The molecule has 1 saturated heterocycles. The van der Waals surface area contributed by atoms with E-state index < -0.39 is 0 Å². The predicted octanol–water partition coefficient (Wildman–Crippen LogP) is 2.35. The number of nitrogens with zero attached hydrogens (tertiary/aromatic N) is 2. The average Bonchev–Trinajstić information content (AvgIpc) is 2.65. The second-order valence-corrected chi connectivity index (χ2v) is 5.18. The van der Waals surface area contributed by atoms with Crippen LogP contribution in [-0.4, -0.2) is 29.0 Å². The summed E-state index contributed by atoms with van der Waals surface area (Å²) in [4.78, 5) is 0. The van der Waals surface area contributed by atoms with Crippen LogP contribution in [0.4, 0.5) is 0 Å². The van der Waals surface area contributed by atoms with Crippen molar-refractivity contribution in [2.24, 2.45) is 0 Å². The molecule has 0 aromatic carbocycles. The van der Waals surface area contributed by atoms with Crippen molar-refractivity contribution >= 4 is 0 Å². The highest BCUT2D eigenvalue weighted by molar-refractivity contribution is 5.27. The second-order valence-electron chi connectivity index (χ2n) is 5.18. The van der Waals surface area contributed by atoms with Crippen LogP contribution in [0.5, 0.6) is 0 Å². The zero-order chi connectivity index (χ0) is 13.1. The summed E-state index contributed by atoms with van der Waals surface area (Å²) < 4.78 is 7.49. The van der Waals surface area contributed by atoms with Crippen molar-refractivity contribution < 1.29 is 4.74 Å². The number of nitrogens with one attached hydrogen (secondary N) is 1. The molecule has 1 unspecified atom stereocenters. The van der Waals surface area contributed by atoms with Crippen molar-refractivity contribution in [2.75, 3.05) is 13.2 Å². The molecule has 0 bridgehead atoms. The molecule has 1 atom stereocenters. The van der Waals surface area contributed by atoms with E-state index in [4.69, 9.17) is 4.74 Å². The smallest absolute Gasteiger partial charge is 0.0644 e. The van der Waals surface area contributed by atoms with Gasteiger partial charge in [-0.15, -0.1) is 0 Å². The number of rotatable bonds is 4. The van der Waals surface area contributed by atoms with Gasteiger partial charge in [0.2, 0.25) is 0 Å². The highest BCUT2D eigenvalue weighted by Gasteiger charge is 2.21. The summed E-state index contributed by atoms with van der Waals surface area (Å²) in [6, 6.07) is 0.950. The van der Waals surface area contributed by atoms with Crippen LogP contribution >= 0.6 is 0 Å². The Morgan fingerprint density at radius 1 is 1.39 bits per heavy atom. The van der Waals surface area contributed by atoms with Gasteiger partial charge in [0.15, 0.2) is 0 Å². The van der Waals surface area contributed by atoms with Crippen LogP contribution in [0.25, 0.3) is 0 Å². The van der Waals surface area contributed by atoms with E-state index in [2.05, 4.69) is 42.8 Å². The fourth-order valence-electron chi connectivity index (χ4n) is 2.95. The monoisotopic (exact) mass is 251 g/mol. The maximum absolute atomic E-state index is 5.40. The maximum atomic E-state index is 5.40. The highest BCUT2D eigenvalue weighted by Crippen LogP contribution is 2.23. The number of aromatic nitrogens is 2. The first-order chi connectivity index (χ1) is 8.63. The van der Waals surface area contributed by atoms with Gasteiger partial charge >= 0.3 is 0 Å². The maximum Gasteiger partial charge on any atom is 0.0644 e. The normalized spacial score (nSPS) is 19.1. The third kappa shape index (κ3) is 2.75. The topological polar surface area (TPSA) is 39.1 Å². The van der Waals surface area contributed by atoms with Gasteiger partial charge in [-0.3, -0.25) is 4.68 Å². The van der Waals surface area contributed by atoms with Crippen LogP contribution in [0.2, 0.25) is 0 Å². The largest absolute Gasteiger partial charge is 0.381 e. The molecule has 18 heavy (non-hydrogen) atoms. The molecule has 1 aliphatic heterocycles. The van der Waals surface area contributed by atoms with E-state index in [0.29, 0.717) is 12.1 Å². The van der Waals surface area contributed by atoms with E-state index in [1.165, 1.54) is 11.3 Å². The Labute approximate surface area is 110 Å². The Morgan fingerprint density at radius 3 is 2.61 bits per heavy atom. The Hall–Kier alpha value is -0.870. The van der Waals surface area contributed by atoms with E-state index in [9.17, 15) is 0 Å². The van der Waals surface area contributed by atoms with Crippen LogP contribution < -0.4 is 5.32 Å². The van der Waals surface area contributed by atoms with Gasteiger partial charge in [0, 0.05) is 43.1 Å². The van der Waals surface area contributed by atoms with Gasteiger partial charge in [0.1, 0.15) is 0 Å². The van der Waals surface area contributed by atoms with Gasteiger partial charge in [0.05, 0.1) is 5.69 Å². The zero-order valence-electron chi connectivity index (χ0n) is 12.0. The SMILES string of the molecule is CCn1nc(C)c(C(C)NC2CCOCC2)c1C. The van der Waals surface area contributed by atoms with Gasteiger partial charge in [0.25, 0.3) is 0 Å². The zero-order valence-corrected chi connectivity index (χ0v) is 12.0. The molecule has 0 amide bonds. The molecular weight excluding hydrogens is 226 g/mol.